The van der Waals surface area contributed by atoms with E-state index in [1.165, 1.54) is 6.92 Å². The van der Waals surface area contributed by atoms with Gasteiger partial charge in [-0.25, -0.2) is 9.97 Å². The number of carbonyl (C=O) groups excluding carboxylic acids is 2. The quantitative estimate of drug-likeness (QED) is 0.573. The molecule has 0 radical (unpaired) electrons. The maximum atomic E-state index is 12.5. The van der Waals surface area contributed by atoms with Crippen molar-refractivity contribution >= 4 is 34.7 Å². The van der Waals surface area contributed by atoms with Crippen molar-refractivity contribution in [2.75, 3.05) is 41.8 Å². The first-order chi connectivity index (χ1) is 15.5. The van der Waals surface area contributed by atoms with Crippen LogP contribution in [0, 0.1) is 6.92 Å². The third-order valence-corrected chi connectivity index (χ3v) is 5.13. The molecular formula is C24H25N5O3. The molecular weight excluding hydrogens is 406 g/mol. The first-order valence-corrected chi connectivity index (χ1v) is 10.5. The van der Waals surface area contributed by atoms with Gasteiger partial charge in [0.15, 0.2) is 5.78 Å². The molecule has 2 N–H and O–H groups in total. The number of aromatic nitrogens is 2. The molecule has 8 heteroatoms. The van der Waals surface area contributed by atoms with Crippen LogP contribution in [0.5, 0.6) is 0 Å². The minimum Gasteiger partial charge on any atom is -0.378 e. The zero-order chi connectivity index (χ0) is 22.5. The van der Waals surface area contributed by atoms with Crippen LogP contribution >= 0.6 is 0 Å². The van der Waals surface area contributed by atoms with Gasteiger partial charge in [-0.1, -0.05) is 12.1 Å². The van der Waals surface area contributed by atoms with E-state index < -0.39 is 0 Å². The normalized spacial score (nSPS) is 13.5. The van der Waals surface area contributed by atoms with Crippen LogP contribution in [0.3, 0.4) is 0 Å². The van der Waals surface area contributed by atoms with Gasteiger partial charge >= 0.3 is 0 Å². The lowest BCUT2D eigenvalue weighted by atomic mass is 10.1. The van der Waals surface area contributed by atoms with Crippen molar-refractivity contribution in [1.82, 2.24) is 9.97 Å². The molecule has 0 unspecified atom stereocenters. The second-order valence-electron chi connectivity index (χ2n) is 7.55. The van der Waals surface area contributed by atoms with Gasteiger partial charge in [-0.3, -0.25) is 9.59 Å². The molecule has 0 spiro atoms. The van der Waals surface area contributed by atoms with E-state index in [-0.39, 0.29) is 11.7 Å². The van der Waals surface area contributed by atoms with Crippen molar-refractivity contribution in [3.8, 4) is 0 Å². The van der Waals surface area contributed by atoms with E-state index in [1.807, 2.05) is 37.3 Å². The van der Waals surface area contributed by atoms with Crippen molar-refractivity contribution < 1.29 is 14.3 Å². The molecule has 1 aromatic heterocycles. The number of carbonyl (C=O) groups is 2. The molecule has 0 saturated carbocycles. The number of nitrogens with zero attached hydrogens (tertiary/aromatic N) is 3. The molecule has 1 amide bonds. The summed E-state index contributed by atoms with van der Waals surface area (Å²) >= 11 is 0. The van der Waals surface area contributed by atoms with Gasteiger partial charge in [0.2, 0.25) is 0 Å². The van der Waals surface area contributed by atoms with E-state index in [2.05, 4.69) is 25.5 Å². The molecule has 1 fully saturated rings. The number of amides is 1. The van der Waals surface area contributed by atoms with Gasteiger partial charge in [-0.05, 0) is 50.2 Å². The summed E-state index contributed by atoms with van der Waals surface area (Å²) in [7, 11) is 0. The summed E-state index contributed by atoms with van der Waals surface area (Å²) in [6, 6.07) is 15.9. The molecule has 3 aromatic rings. The molecule has 2 heterocycles. The maximum absolute atomic E-state index is 12.5. The van der Waals surface area contributed by atoms with Crippen LogP contribution in [0.1, 0.15) is 33.5 Å². The Hall–Kier alpha value is -3.78. The Balaban J connectivity index is 1.41. The van der Waals surface area contributed by atoms with E-state index in [0.717, 1.165) is 24.6 Å². The lowest BCUT2D eigenvalue weighted by Gasteiger charge is -2.28. The third kappa shape index (κ3) is 5.28. The molecule has 4 rings (SSSR count). The summed E-state index contributed by atoms with van der Waals surface area (Å²) in [4.78, 5) is 35.0. The first-order valence-electron chi connectivity index (χ1n) is 10.5. The number of hydrogen-bond acceptors (Lipinski definition) is 7. The fourth-order valence-electron chi connectivity index (χ4n) is 3.41. The Morgan fingerprint density at radius 1 is 0.906 bits per heavy atom. The van der Waals surface area contributed by atoms with Gasteiger partial charge in [-0.15, -0.1) is 0 Å². The van der Waals surface area contributed by atoms with Crippen LogP contribution < -0.4 is 15.5 Å². The molecule has 1 aliphatic heterocycles. The number of morpholine rings is 1. The topological polar surface area (TPSA) is 96.5 Å². The summed E-state index contributed by atoms with van der Waals surface area (Å²) in [6.07, 6.45) is 0. The molecule has 1 aliphatic rings. The largest absolute Gasteiger partial charge is 0.378 e. The van der Waals surface area contributed by atoms with Crippen molar-refractivity contribution in [2.45, 2.75) is 13.8 Å². The van der Waals surface area contributed by atoms with Gasteiger partial charge in [0.25, 0.3) is 5.91 Å². The fraction of sp³-hybridized carbons (Fsp3) is 0.250. The van der Waals surface area contributed by atoms with Crippen LogP contribution in [0.4, 0.5) is 23.0 Å². The van der Waals surface area contributed by atoms with Gasteiger partial charge in [0.1, 0.15) is 17.5 Å². The van der Waals surface area contributed by atoms with Gasteiger partial charge in [-0.2, -0.15) is 0 Å². The highest BCUT2D eigenvalue weighted by atomic mass is 16.5. The average Bonchev–Trinajstić information content (AvgIpc) is 2.80. The van der Waals surface area contributed by atoms with Crippen molar-refractivity contribution in [1.29, 1.82) is 0 Å². The molecule has 164 valence electrons. The maximum Gasteiger partial charge on any atom is 0.255 e. The van der Waals surface area contributed by atoms with Crippen LogP contribution in [0.25, 0.3) is 0 Å². The van der Waals surface area contributed by atoms with Crippen LogP contribution in [-0.2, 0) is 4.74 Å². The molecule has 0 atom stereocenters. The lowest BCUT2D eigenvalue weighted by molar-refractivity contribution is 0.101. The molecule has 8 nitrogen and oxygen atoms in total. The SMILES string of the molecule is CC(=O)c1ccc(C(=O)Nc2ccc(Nc3cc(N4CCOCC4)nc(C)n3)cc2)cc1. The van der Waals surface area contributed by atoms with Gasteiger partial charge in [0, 0.05) is 41.7 Å². The average molecular weight is 431 g/mol. The Morgan fingerprint density at radius 2 is 1.53 bits per heavy atom. The van der Waals surface area contributed by atoms with Crippen LogP contribution in [0.2, 0.25) is 0 Å². The number of hydrogen-bond donors (Lipinski definition) is 2. The highest BCUT2D eigenvalue weighted by molar-refractivity contribution is 6.05. The minimum absolute atomic E-state index is 0.0315. The summed E-state index contributed by atoms with van der Waals surface area (Å²) in [5, 5.41) is 6.16. The predicted molar refractivity (Wildman–Crippen MR) is 124 cm³/mol. The monoisotopic (exact) mass is 431 g/mol. The second-order valence-corrected chi connectivity index (χ2v) is 7.55. The van der Waals surface area contributed by atoms with E-state index in [4.69, 9.17) is 4.74 Å². The van der Waals surface area contributed by atoms with E-state index in [0.29, 0.717) is 41.7 Å². The Morgan fingerprint density at radius 3 is 2.19 bits per heavy atom. The smallest absolute Gasteiger partial charge is 0.255 e. The van der Waals surface area contributed by atoms with E-state index in [1.54, 1.807) is 24.3 Å². The van der Waals surface area contributed by atoms with E-state index >= 15 is 0 Å². The fourth-order valence-corrected chi connectivity index (χ4v) is 3.41. The number of nitrogens with one attached hydrogen (secondary N) is 2. The van der Waals surface area contributed by atoms with Crippen molar-refractivity contribution in [2.24, 2.45) is 0 Å². The van der Waals surface area contributed by atoms with Crippen LogP contribution in [0.15, 0.2) is 54.6 Å². The highest BCUT2D eigenvalue weighted by Gasteiger charge is 2.14. The molecule has 2 aromatic carbocycles. The van der Waals surface area contributed by atoms with Gasteiger partial charge in [0.05, 0.1) is 13.2 Å². The number of anilines is 4. The third-order valence-electron chi connectivity index (χ3n) is 5.13. The molecule has 0 aliphatic carbocycles. The lowest BCUT2D eigenvalue weighted by Crippen LogP contribution is -2.36. The summed E-state index contributed by atoms with van der Waals surface area (Å²) in [5.74, 6) is 2.01. The number of ketones is 1. The number of aryl methyl sites for hydroxylation is 1. The number of ether oxygens (including phenoxy) is 1. The molecule has 0 bridgehead atoms. The predicted octanol–water partition coefficient (Wildman–Crippen LogP) is 3.82. The zero-order valence-electron chi connectivity index (χ0n) is 18.1. The van der Waals surface area contributed by atoms with E-state index in [9.17, 15) is 9.59 Å². The first kappa shape index (κ1) is 21.5. The van der Waals surface area contributed by atoms with Crippen molar-refractivity contribution in [3.05, 3.63) is 71.5 Å². The Kier molecular flexibility index (Phi) is 6.42. The number of benzene rings is 2. The van der Waals surface area contributed by atoms with Crippen LogP contribution in [-0.4, -0.2) is 48.0 Å². The number of Topliss-reactive ketones (excluding diaryl/α,β-unsaturated/α-hetero) is 1. The standard InChI is InChI=1S/C24H25N5O3/c1-16(30)18-3-5-19(6-4-18)24(31)28-21-9-7-20(8-10-21)27-22-15-23(26-17(2)25-22)29-11-13-32-14-12-29/h3-10,15H,11-14H2,1-2H3,(H,28,31)(H,25,26,27). The van der Waals surface area contributed by atoms with Crippen molar-refractivity contribution in [3.63, 3.8) is 0 Å². The summed E-state index contributed by atoms with van der Waals surface area (Å²) < 4.78 is 5.41. The zero-order valence-corrected chi connectivity index (χ0v) is 18.1. The molecule has 32 heavy (non-hydrogen) atoms. The summed E-state index contributed by atoms with van der Waals surface area (Å²) in [5.41, 5.74) is 2.59. The number of rotatable bonds is 6. The Labute approximate surface area is 186 Å². The van der Waals surface area contributed by atoms with Gasteiger partial charge < -0.3 is 20.3 Å². The highest BCUT2D eigenvalue weighted by Crippen LogP contribution is 2.22. The minimum atomic E-state index is -0.234. The Bertz CT molecular complexity index is 1110. The summed E-state index contributed by atoms with van der Waals surface area (Å²) in [6.45, 7) is 6.37. The second kappa shape index (κ2) is 9.57. The molecule has 1 saturated heterocycles.